The predicted octanol–water partition coefficient (Wildman–Crippen LogP) is 2.71. The molecule has 0 radical (unpaired) electrons. The summed E-state index contributed by atoms with van der Waals surface area (Å²) in [6.45, 7) is 3.00. The van der Waals surface area contributed by atoms with Crippen molar-refractivity contribution in [2.75, 3.05) is 6.61 Å². The van der Waals surface area contributed by atoms with E-state index in [9.17, 15) is 13.2 Å². The van der Waals surface area contributed by atoms with Gasteiger partial charge in [0.2, 0.25) is 0 Å². The summed E-state index contributed by atoms with van der Waals surface area (Å²) in [4.78, 5) is 0. The average molecular weight is 231 g/mol. The van der Waals surface area contributed by atoms with Crippen LogP contribution in [0.2, 0.25) is 0 Å². The molecule has 1 aliphatic heterocycles. The number of alkyl halides is 3. The van der Waals surface area contributed by atoms with Gasteiger partial charge in [-0.05, 0) is 30.2 Å². The second-order valence-electron chi connectivity index (χ2n) is 3.65. The van der Waals surface area contributed by atoms with Crippen LogP contribution in [0, 0.1) is 0 Å². The summed E-state index contributed by atoms with van der Waals surface area (Å²) in [6, 6.07) is 2.67. The number of hydrogen-bond acceptors (Lipinski definition) is 2. The lowest BCUT2D eigenvalue weighted by atomic mass is 10.0. The minimum atomic E-state index is -4.36. The second kappa shape index (κ2) is 3.97. The van der Waals surface area contributed by atoms with Crippen LogP contribution in [-0.4, -0.2) is 6.61 Å². The topological polar surface area (TPSA) is 21.3 Å². The van der Waals surface area contributed by atoms with Crippen molar-refractivity contribution >= 4 is 0 Å². The molecule has 1 aromatic rings. The number of hydrogen-bond donors (Lipinski definition) is 1. The van der Waals surface area contributed by atoms with Gasteiger partial charge in [-0.3, -0.25) is 0 Å². The lowest BCUT2D eigenvalue weighted by Crippen LogP contribution is -2.09. The van der Waals surface area contributed by atoms with Crippen LogP contribution in [0.3, 0.4) is 0 Å². The third-order valence-electron chi connectivity index (χ3n) is 2.54. The SMILES string of the molecule is CCOc1cc2c(cc1C(F)(F)F)CNC2. The van der Waals surface area contributed by atoms with Gasteiger partial charge in [0.1, 0.15) is 5.75 Å². The zero-order valence-corrected chi connectivity index (χ0v) is 8.82. The summed E-state index contributed by atoms with van der Waals surface area (Å²) in [5.41, 5.74) is 0.907. The maximum absolute atomic E-state index is 12.7. The highest BCUT2D eigenvalue weighted by molar-refractivity contribution is 5.45. The van der Waals surface area contributed by atoms with Crippen molar-refractivity contribution < 1.29 is 17.9 Å². The molecule has 0 saturated carbocycles. The molecule has 0 fully saturated rings. The van der Waals surface area contributed by atoms with Crippen molar-refractivity contribution in [1.82, 2.24) is 5.32 Å². The first kappa shape index (κ1) is 11.3. The molecule has 0 amide bonds. The zero-order chi connectivity index (χ0) is 11.8. The van der Waals surface area contributed by atoms with Crippen molar-refractivity contribution in [3.8, 4) is 5.75 Å². The van der Waals surface area contributed by atoms with Crippen LogP contribution in [0.1, 0.15) is 23.6 Å². The molecular weight excluding hydrogens is 219 g/mol. The largest absolute Gasteiger partial charge is 0.493 e. The summed E-state index contributed by atoms with van der Waals surface area (Å²) in [6.07, 6.45) is -4.36. The van der Waals surface area contributed by atoms with Gasteiger partial charge in [0.25, 0.3) is 0 Å². The van der Waals surface area contributed by atoms with E-state index in [4.69, 9.17) is 4.74 Å². The van der Waals surface area contributed by atoms with Gasteiger partial charge in [-0.2, -0.15) is 13.2 Å². The smallest absolute Gasteiger partial charge is 0.419 e. The average Bonchev–Trinajstić information content (AvgIpc) is 2.62. The number of fused-ring (bicyclic) bond motifs is 1. The van der Waals surface area contributed by atoms with E-state index in [0.29, 0.717) is 18.7 Å². The molecule has 88 valence electrons. The summed E-state index contributed by atoms with van der Waals surface area (Å²) < 4.78 is 43.3. The minimum Gasteiger partial charge on any atom is -0.493 e. The Morgan fingerprint density at radius 2 is 1.88 bits per heavy atom. The van der Waals surface area contributed by atoms with Gasteiger partial charge >= 0.3 is 6.18 Å². The van der Waals surface area contributed by atoms with Gasteiger partial charge in [-0.25, -0.2) is 0 Å². The minimum absolute atomic E-state index is 0.0718. The highest BCUT2D eigenvalue weighted by atomic mass is 19.4. The third-order valence-corrected chi connectivity index (χ3v) is 2.54. The Labute approximate surface area is 91.4 Å². The molecule has 1 aliphatic rings. The Kier molecular flexibility index (Phi) is 2.80. The maximum atomic E-state index is 12.7. The fourth-order valence-corrected chi connectivity index (χ4v) is 1.82. The van der Waals surface area contributed by atoms with Gasteiger partial charge in [0, 0.05) is 13.1 Å². The first-order valence-corrected chi connectivity index (χ1v) is 5.09. The van der Waals surface area contributed by atoms with Crippen molar-refractivity contribution in [2.24, 2.45) is 0 Å². The predicted molar refractivity (Wildman–Crippen MR) is 53.2 cm³/mol. The van der Waals surface area contributed by atoms with Crippen LogP contribution in [0.4, 0.5) is 13.2 Å². The van der Waals surface area contributed by atoms with Crippen molar-refractivity contribution in [3.63, 3.8) is 0 Å². The highest BCUT2D eigenvalue weighted by Gasteiger charge is 2.35. The van der Waals surface area contributed by atoms with Crippen molar-refractivity contribution in [3.05, 3.63) is 28.8 Å². The fourth-order valence-electron chi connectivity index (χ4n) is 1.82. The highest BCUT2D eigenvalue weighted by Crippen LogP contribution is 2.38. The zero-order valence-electron chi connectivity index (χ0n) is 8.82. The van der Waals surface area contributed by atoms with E-state index < -0.39 is 11.7 Å². The second-order valence-corrected chi connectivity index (χ2v) is 3.65. The van der Waals surface area contributed by atoms with Crippen LogP contribution < -0.4 is 10.1 Å². The summed E-state index contributed by atoms with van der Waals surface area (Å²) in [5, 5.41) is 3.01. The fraction of sp³-hybridized carbons (Fsp3) is 0.455. The molecule has 0 atom stereocenters. The van der Waals surface area contributed by atoms with Crippen LogP contribution in [0.5, 0.6) is 5.75 Å². The number of benzene rings is 1. The van der Waals surface area contributed by atoms with Gasteiger partial charge in [-0.15, -0.1) is 0 Å². The van der Waals surface area contributed by atoms with Crippen molar-refractivity contribution in [2.45, 2.75) is 26.2 Å². The number of rotatable bonds is 2. The van der Waals surface area contributed by atoms with E-state index in [0.717, 1.165) is 5.56 Å². The van der Waals surface area contributed by atoms with Crippen LogP contribution >= 0.6 is 0 Å². The molecule has 1 N–H and O–H groups in total. The Bertz CT molecular complexity index is 401. The Morgan fingerprint density at radius 3 is 2.44 bits per heavy atom. The molecule has 0 spiro atoms. The standard InChI is InChI=1S/C11H12F3NO/c1-2-16-10-4-8-6-15-5-7(8)3-9(10)11(12,13)14/h3-4,15H,2,5-6H2,1H3. The molecule has 2 rings (SSSR count). The van der Waals surface area contributed by atoms with Gasteiger partial charge in [0.05, 0.1) is 12.2 Å². The molecular formula is C11H12F3NO. The van der Waals surface area contributed by atoms with Gasteiger partial charge in [0.15, 0.2) is 0 Å². The van der Waals surface area contributed by atoms with E-state index >= 15 is 0 Å². The molecule has 5 heteroatoms. The molecule has 1 heterocycles. The van der Waals surface area contributed by atoms with Crippen LogP contribution in [0.15, 0.2) is 12.1 Å². The lowest BCUT2D eigenvalue weighted by Gasteiger charge is -2.14. The van der Waals surface area contributed by atoms with Crippen LogP contribution in [0.25, 0.3) is 0 Å². The summed E-state index contributed by atoms with van der Waals surface area (Å²) in [5.74, 6) is -0.0718. The lowest BCUT2D eigenvalue weighted by molar-refractivity contribution is -0.138. The number of ether oxygens (including phenoxy) is 1. The molecule has 1 aromatic carbocycles. The van der Waals surface area contributed by atoms with Gasteiger partial charge in [-0.1, -0.05) is 0 Å². The Hall–Kier alpha value is -1.23. The normalized spacial score (nSPS) is 15.0. The van der Waals surface area contributed by atoms with E-state index in [1.54, 1.807) is 6.92 Å². The van der Waals surface area contributed by atoms with Gasteiger partial charge < -0.3 is 10.1 Å². The van der Waals surface area contributed by atoms with Crippen LogP contribution in [-0.2, 0) is 19.3 Å². The molecule has 2 nitrogen and oxygen atoms in total. The monoisotopic (exact) mass is 231 g/mol. The molecule has 16 heavy (non-hydrogen) atoms. The summed E-state index contributed by atoms with van der Waals surface area (Å²) >= 11 is 0. The Balaban J connectivity index is 2.49. The molecule has 0 aromatic heterocycles. The van der Waals surface area contributed by atoms with E-state index in [2.05, 4.69) is 5.32 Å². The maximum Gasteiger partial charge on any atom is 0.419 e. The quantitative estimate of drug-likeness (QED) is 0.845. The van der Waals surface area contributed by atoms with E-state index in [-0.39, 0.29) is 12.4 Å². The first-order valence-electron chi connectivity index (χ1n) is 5.09. The third kappa shape index (κ3) is 2.00. The molecule has 0 saturated heterocycles. The Morgan fingerprint density at radius 1 is 1.25 bits per heavy atom. The van der Waals surface area contributed by atoms with Crippen molar-refractivity contribution in [1.29, 1.82) is 0 Å². The first-order chi connectivity index (χ1) is 7.52. The van der Waals surface area contributed by atoms with E-state index in [1.807, 2.05) is 0 Å². The van der Waals surface area contributed by atoms with E-state index in [1.165, 1.54) is 12.1 Å². The molecule has 0 bridgehead atoms. The number of nitrogens with one attached hydrogen (secondary N) is 1. The molecule has 0 aliphatic carbocycles. The summed E-state index contributed by atoms with van der Waals surface area (Å²) in [7, 11) is 0. The number of halogens is 3. The molecule has 0 unspecified atom stereocenters.